The van der Waals surface area contributed by atoms with Gasteiger partial charge in [-0.05, 0) is 72.5 Å². The molecule has 0 spiro atoms. The van der Waals surface area contributed by atoms with E-state index < -0.39 is 0 Å². The molecule has 1 saturated carbocycles. The van der Waals surface area contributed by atoms with Gasteiger partial charge in [-0.25, -0.2) is 0 Å². The van der Waals surface area contributed by atoms with E-state index in [1.165, 1.54) is 47.1 Å². The Hall–Kier alpha value is -1.82. The first-order chi connectivity index (χ1) is 13.5. The van der Waals surface area contributed by atoms with Crippen LogP contribution in [0.15, 0.2) is 54.1 Å². The Labute approximate surface area is 178 Å². The largest absolute Gasteiger partial charge is 0.0794 e. The minimum absolute atomic E-state index is 0.239. The van der Waals surface area contributed by atoms with Gasteiger partial charge >= 0.3 is 0 Å². The average molecular weight is 387 g/mol. The molecule has 2 aromatic rings. The number of allylic oxidation sites excluding steroid dienone is 2. The van der Waals surface area contributed by atoms with Gasteiger partial charge in [-0.1, -0.05) is 99.9 Å². The Balaban J connectivity index is 1.86. The summed E-state index contributed by atoms with van der Waals surface area (Å²) in [5.74, 6) is 0.384. The molecule has 0 N–H and O–H groups in total. The fraction of sp³-hybridized carbons (Fsp3) is 0.517. The zero-order valence-corrected chi connectivity index (χ0v) is 19.5. The van der Waals surface area contributed by atoms with Gasteiger partial charge in [0.1, 0.15) is 0 Å². The molecule has 154 valence electrons. The lowest BCUT2D eigenvalue weighted by atomic mass is 9.51. The number of fused-ring (bicyclic) bond motifs is 1. The van der Waals surface area contributed by atoms with Crippen LogP contribution >= 0.6 is 0 Å². The second-order valence-corrected chi connectivity index (χ2v) is 11.8. The third-order valence-electron chi connectivity index (χ3n) is 7.26. The maximum atomic E-state index is 2.60. The maximum absolute atomic E-state index is 2.60. The normalized spacial score (nSPS) is 24.5. The molecule has 0 heterocycles. The summed E-state index contributed by atoms with van der Waals surface area (Å²) in [6.45, 7) is 16.9. The van der Waals surface area contributed by atoms with E-state index in [0.29, 0.717) is 16.7 Å². The standard InChI is InChI=1S/C29H38/c1-20-8-11-22(12-9-20)26-24-14-10-21(2)16-23(24)13-15-25(26)29(7)18-27(3,4)17-28(5,6)19-29/h8-12,14-16,26H,13,17-19H2,1-7H3. The van der Waals surface area contributed by atoms with E-state index in [1.807, 2.05) is 0 Å². The van der Waals surface area contributed by atoms with Crippen molar-refractivity contribution in [2.45, 2.75) is 80.1 Å². The molecule has 1 atom stereocenters. The Kier molecular flexibility index (Phi) is 4.84. The van der Waals surface area contributed by atoms with Crippen molar-refractivity contribution in [2.24, 2.45) is 16.2 Å². The van der Waals surface area contributed by atoms with Crippen molar-refractivity contribution in [2.75, 3.05) is 0 Å². The van der Waals surface area contributed by atoms with Crippen molar-refractivity contribution in [3.63, 3.8) is 0 Å². The second kappa shape index (κ2) is 6.86. The Morgan fingerprint density at radius 3 is 1.93 bits per heavy atom. The minimum Gasteiger partial charge on any atom is -0.0794 e. The number of aryl methyl sites for hydroxylation is 2. The van der Waals surface area contributed by atoms with Crippen LogP contribution in [-0.2, 0) is 6.42 Å². The quantitative estimate of drug-likeness (QED) is 0.457. The minimum atomic E-state index is 0.239. The van der Waals surface area contributed by atoms with Crippen LogP contribution in [0.1, 0.15) is 87.6 Å². The monoisotopic (exact) mass is 386 g/mol. The van der Waals surface area contributed by atoms with Crippen LogP contribution in [-0.4, -0.2) is 0 Å². The molecular formula is C29H38. The molecule has 1 fully saturated rings. The summed E-state index contributed by atoms with van der Waals surface area (Å²) in [5.41, 5.74) is 9.86. The van der Waals surface area contributed by atoms with Gasteiger partial charge in [0.15, 0.2) is 0 Å². The lowest BCUT2D eigenvalue weighted by Gasteiger charge is -2.53. The van der Waals surface area contributed by atoms with Crippen molar-refractivity contribution in [1.29, 1.82) is 0 Å². The predicted octanol–water partition coefficient (Wildman–Crippen LogP) is 8.16. The van der Waals surface area contributed by atoms with Crippen LogP contribution in [0.4, 0.5) is 0 Å². The number of hydrogen-bond acceptors (Lipinski definition) is 0. The smallest absolute Gasteiger partial charge is 0.0307 e. The third-order valence-corrected chi connectivity index (χ3v) is 7.26. The van der Waals surface area contributed by atoms with Gasteiger partial charge in [-0.3, -0.25) is 0 Å². The molecule has 2 aliphatic carbocycles. The Morgan fingerprint density at radius 1 is 0.724 bits per heavy atom. The number of rotatable bonds is 2. The molecule has 0 saturated heterocycles. The molecular weight excluding hydrogens is 348 g/mol. The highest BCUT2D eigenvalue weighted by molar-refractivity contribution is 5.52. The fourth-order valence-corrected chi connectivity index (χ4v) is 7.21. The van der Waals surface area contributed by atoms with Gasteiger partial charge in [0.2, 0.25) is 0 Å². The fourth-order valence-electron chi connectivity index (χ4n) is 7.21. The first kappa shape index (κ1) is 20.5. The number of benzene rings is 2. The van der Waals surface area contributed by atoms with Crippen LogP contribution in [0, 0.1) is 30.1 Å². The molecule has 0 aromatic heterocycles. The van der Waals surface area contributed by atoms with Crippen molar-refractivity contribution in [3.05, 3.63) is 81.9 Å². The topological polar surface area (TPSA) is 0 Å². The molecule has 0 radical (unpaired) electrons. The van der Waals surface area contributed by atoms with Gasteiger partial charge < -0.3 is 0 Å². The molecule has 0 aliphatic heterocycles. The molecule has 1 unspecified atom stereocenters. The number of hydrogen-bond donors (Lipinski definition) is 0. The summed E-state index contributed by atoms with van der Waals surface area (Å²) in [6.07, 6.45) is 7.54. The van der Waals surface area contributed by atoms with Crippen LogP contribution in [0.5, 0.6) is 0 Å². The van der Waals surface area contributed by atoms with Crippen molar-refractivity contribution in [3.8, 4) is 0 Å². The van der Waals surface area contributed by atoms with E-state index >= 15 is 0 Å². The van der Waals surface area contributed by atoms with Crippen LogP contribution in [0.25, 0.3) is 0 Å². The van der Waals surface area contributed by atoms with Gasteiger partial charge in [0, 0.05) is 5.92 Å². The highest BCUT2D eigenvalue weighted by Crippen LogP contribution is 2.60. The molecule has 2 aliphatic rings. The summed E-state index contributed by atoms with van der Waals surface area (Å²) in [7, 11) is 0. The first-order valence-corrected chi connectivity index (χ1v) is 11.3. The van der Waals surface area contributed by atoms with Gasteiger partial charge in [-0.2, -0.15) is 0 Å². The van der Waals surface area contributed by atoms with E-state index in [0.717, 1.165) is 6.42 Å². The van der Waals surface area contributed by atoms with E-state index in [4.69, 9.17) is 0 Å². The summed E-state index contributed by atoms with van der Waals surface area (Å²) >= 11 is 0. The van der Waals surface area contributed by atoms with Crippen LogP contribution in [0.3, 0.4) is 0 Å². The molecule has 0 heteroatoms. The lowest BCUT2D eigenvalue weighted by molar-refractivity contribution is 0.0275. The summed E-state index contributed by atoms with van der Waals surface area (Å²) in [6, 6.07) is 16.4. The predicted molar refractivity (Wildman–Crippen MR) is 126 cm³/mol. The van der Waals surface area contributed by atoms with E-state index in [1.54, 1.807) is 5.57 Å². The second-order valence-electron chi connectivity index (χ2n) is 11.8. The van der Waals surface area contributed by atoms with Crippen LogP contribution in [0.2, 0.25) is 0 Å². The third kappa shape index (κ3) is 3.96. The van der Waals surface area contributed by atoms with Gasteiger partial charge in [0.05, 0.1) is 0 Å². The molecule has 4 rings (SSSR count). The van der Waals surface area contributed by atoms with Crippen molar-refractivity contribution in [1.82, 2.24) is 0 Å². The Bertz CT molecular complexity index is 921. The highest BCUT2D eigenvalue weighted by Gasteiger charge is 2.48. The van der Waals surface area contributed by atoms with Gasteiger partial charge in [0.25, 0.3) is 0 Å². The van der Waals surface area contributed by atoms with Crippen molar-refractivity contribution < 1.29 is 0 Å². The lowest BCUT2D eigenvalue weighted by Crippen LogP contribution is -2.42. The van der Waals surface area contributed by atoms with E-state index in [9.17, 15) is 0 Å². The Morgan fingerprint density at radius 2 is 1.31 bits per heavy atom. The molecule has 0 bridgehead atoms. The van der Waals surface area contributed by atoms with E-state index in [2.05, 4.69) is 97.0 Å². The highest BCUT2D eigenvalue weighted by atomic mass is 14.5. The summed E-state index contributed by atoms with van der Waals surface area (Å²) in [5, 5.41) is 0. The summed E-state index contributed by atoms with van der Waals surface area (Å²) in [4.78, 5) is 0. The summed E-state index contributed by atoms with van der Waals surface area (Å²) < 4.78 is 0. The zero-order valence-electron chi connectivity index (χ0n) is 19.5. The molecule has 0 amide bonds. The average Bonchev–Trinajstić information content (AvgIpc) is 2.58. The maximum Gasteiger partial charge on any atom is 0.0307 e. The van der Waals surface area contributed by atoms with Gasteiger partial charge in [-0.15, -0.1) is 0 Å². The van der Waals surface area contributed by atoms with Crippen molar-refractivity contribution >= 4 is 0 Å². The zero-order chi connectivity index (χ0) is 21.0. The molecule has 2 aromatic carbocycles. The first-order valence-electron chi connectivity index (χ1n) is 11.3. The van der Waals surface area contributed by atoms with Crippen LogP contribution < -0.4 is 0 Å². The molecule has 29 heavy (non-hydrogen) atoms. The van der Waals surface area contributed by atoms with E-state index in [-0.39, 0.29) is 5.41 Å². The SMILES string of the molecule is Cc1ccc(C2C(C3(C)CC(C)(C)CC(C)(C)C3)=CCc3cc(C)ccc32)cc1. The molecule has 0 nitrogen and oxygen atoms in total.